The van der Waals surface area contributed by atoms with Gasteiger partial charge in [0.1, 0.15) is 17.3 Å². The van der Waals surface area contributed by atoms with Crippen LogP contribution in [0.3, 0.4) is 0 Å². The molecule has 7 heteroatoms. The maximum atomic E-state index is 12.9. The Morgan fingerprint density at radius 3 is 2.68 bits per heavy atom. The number of carbonyl (C=O) groups excluding carboxylic acids is 1. The van der Waals surface area contributed by atoms with E-state index in [1.54, 1.807) is 24.8 Å². The third-order valence-electron chi connectivity index (χ3n) is 4.92. The molecule has 0 saturated carbocycles. The lowest BCUT2D eigenvalue weighted by Gasteiger charge is -2.16. The van der Waals surface area contributed by atoms with Gasteiger partial charge in [-0.1, -0.05) is 30.3 Å². The Kier molecular flexibility index (Phi) is 4.57. The van der Waals surface area contributed by atoms with Crippen molar-refractivity contribution in [3.63, 3.8) is 0 Å². The largest absolute Gasteiger partial charge is 0.497 e. The number of aromatic nitrogens is 3. The molecule has 0 spiro atoms. The van der Waals surface area contributed by atoms with Crippen LogP contribution < -0.4 is 15.6 Å². The SMILES string of the molecule is COc1ccc(CNC(=O)[C@@H](C)n2c3ccccc3c3cn[nH]c(=O)c32)cc1. The minimum atomic E-state index is -0.566. The third-order valence-corrected chi connectivity index (χ3v) is 4.92. The molecule has 0 aliphatic heterocycles. The lowest BCUT2D eigenvalue weighted by atomic mass is 10.2. The molecule has 0 bridgehead atoms. The fourth-order valence-electron chi connectivity index (χ4n) is 3.46. The van der Waals surface area contributed by atoms with Crippen molar-refractivity contribution in [1.29, 1.82) is 0 Å². The highest BCUT2D eigenvalue weighted by atomic mass is 16.5. The maximum absolute atomic E-state index is 12.9. The molecule has 0 fully saturated rings. The summed E-state index contributed by atoms with van der Waals surface area (Å²) in [5.74, 6) is 0.594. The molecular formula is C21H20N4O3. The molecule has 4 rings (SSSR count). The van der Waals surface area contributed by atoms with Gasteiger partial charge in [0.15, 0.2) is 0 Å². The van der Waals surface area contributed by atoms with Crippen molar-refractivity contribution in [1.82, 2.24) is 20.1 Å². The quantitative estimate of drug-likeness (QED) is 0.561. The van der Waals surface area contributed by atoms with Crippen LogP contribution in [0.25, 0.3) is 21.8 Å². The second-order valence-electron chi connectivity index (χ2n) is 6.59. The highest BCUT2D eigenvalue weighted by Gasteiger charge is 2.22. The summed E-state index contributed by atoms with van der Waals surface area (Å²) in [4.78, 5) is 25.3. The molecule has 0 saturated heterocycles. The number of fused-ring (bicyclic) bond motifs is 3. The molecule has 1 atom stereocenters. The number of methoxy groups -OCH3 is 1. The van der Waals surface area contributed by atoms with E-state index < -0.39 is 6.04 Å². The van der Waals surface area contributed by atoms with Gasteiger partial charge in [0.05, 0.1) is 18.8 Å². The van der Waals surface area contributed by atoms with E-state index in [1.165, 1.54) is 0 Å². The summed E-state index contributed by atoms with van der Waals surface area (Å²) in [6.07, 6.45) is 1.62. The average Bonchev–Trinajstić information content (AvgIpc) is 3.07. The minimum Gasteiger partial charge on any atom is -0.497 e. The fourth-order valence-corrected chi connectivity index (χ4v) is 3.46. The molecule has 0 radical (unpaired) electrons. The lowest BCUT2D eigenvalue weighted by Crippen LogP contribution is -2.31. The molecule has 142 valence electrons. The number of benzene rings is 2. The Morgan fingerprint density at radius 1 is 1.18 bits per heavy atom. The second kappa shape index (κ2) is 7.19. The van der Waals surface area contributed by atoms with Crippen molar-refractivity contribution < 1.29 is 9.53 Å². The van der Waals surface area contributed by atoms with Crippen molar-refractivity contribution >= 4 is 27.7 Å². The minimum absolute atomic E-state index is 0.172. The molecule has 4 aromatic rings. The van der Waals surface area contributed by atoms with Gasteiger partial charge in [-0.15, -0.1) is 0 Å². The van der Waals surface area contributed by atoms with Crippen molar-refractivity contribution in [2.75, 3.05) is 7.11 Å². The van der Waals surface area contributed by atoms with E-state index in [-0.39, 0.29) is 11.5 Å². The van der Waals surface area contributed by atoms with Crippen molar-refractivity contribution in [2.45, 2.75) is 19.5 Å². The molecule has 0 unspecified atom stereocenters. The first-order valence-electron chi connectivity index (χ1n) is 8.97. The summed E-state index contributed by atoms with van der Waals surface area (Å²) in [5.41, 5.74) is 1.92. The third kappa shape index (κ3) is 3.00. The van der Waals surface area contributed by atoms with E-state index in [0.717, 1.165) is 27.6 Å². The highest BCUT2D eigenvalue weighted by Crippen LogP contribution is 2.29. The summed E-state index contributed by atoms with van der Waals surface area (Å²) < 4.78 is 6.92. The Morgan fingerprint density at radius 2 is 1.93 bits per heavy atom. The van der Waals surface area contributed by atoms with Gasteiger partial charge in [-0.25, -0.2) is 5.10 Å². The van der Waals surface area contributed by atoms with Crippen LogP contribution in [0, 0.1) is 0 Å². The van der Waals surface area contributed by atoms with Gasteiger partial charge >= 0.3 is 0 Å². The molecule has 2 aromatic heterocycles. The number of H-pyrrole nitrogens is 1. The zero-order chi connectivity index (χ0) is 19.7. The first-order chi connectivity index (χ1) is 13.6. The van der Waals surface area contributed by atoms with Crippen molar-refractivity contribution in [2.24, 2.45) is 0 Å². The van der Waals surface area contributed by atoms with Crippen LogP contribution in [0.5, 0.6) is 5.75 Å². The van der Waals surface area contributed by atoms with Gasteiger partial charge in [-0.3, -0.25) is 9.59 Å². The smallest absolute Gasteiger partial charge is 0.288 e. The predicted octanol–water partition coefficient (Wildman–Crippen LogP) is 2.76. The Bertz CT molecular complexity index is 1210. The summed E-state index contributed by atoms with van der Waals surface area (Å²) in [7, 11) is 1.61. The Labute approximate surface area is 160 Å². The van der Waals surface area contributed by atoms with Crippen molar-refractivity contribution in [3.8, 4) is 5.75 Å². The fraction of sp³-hybridized carbons (Fsp3) is 0.190. The molecule has 2 heterocycles. The Hall–Kier alpha value is -3.61. The molecule has 2 aromatic carbocycles. The standard InChI is InChI=1S/C21H20N4O3/c1-13(20(26)22-11-14-7-9-15(28-2)10-8-14)25-18-6-4-3-5-16(18)17-12-23-24-21(27)19(17)25/h3-10,12-13H,11H2,1-2H3,(H,22,26)(H,24,27)/t13-/m1/s1. The normalized spacial score (nSPS) is 12.2. The maximum Gasteiger partial charge on any atom is 0.288 e. The van der Waals surface area contributed by atoms with Crippen LogP contribution in [-0.4, -0.2) is 27.8 Å². The van der Waals surface area contributed by atoms with Gasteiger partial charge in [0, 0.05) is 17.3 Å². The van der Waals surface area contributed by atoms with Crippen LogP contribution in [0.2, 0.25) is 0 Å². The van der Waals surface area contributed by atoms with Crippen LogP contribution in [0.15, 0.2) is 59.5 Å². The number of nitrogens with zero attached hydrogens (tertiary/aromatic N) is 2. The number of aromatic amines is 1. The van der Waals surface area contributed by atoms with Crippen molar-refractivity contribution in [3.05, 3.63) is 70.6 Å². The molecule has 0 aliphatic carbocycles. The molecule has 0 aliphatic rings. The van der Waals surface area contributed by atoms with Gasteiger partial charge in [-0.05, 0) is 30.7 Å². The molecule has 28 heavy (non-hydrogen) atoms. The van der Waals surface area contributed by atoms with Gasteiger partial charge < -0.3 is 14.6 Å². The van der Waals surface area contributed by atoms with E-state index >= 15 is 0 Å². The van der Waals surface area contributed by atoms with Crippen LogP contribution in [-0.2, 0) is 11.3 Å². The van der Waals surface area contributed by atoms with Crippen LogP contribution >= 0.6 is 0 Å². The summed E-state index contributed by atoms with van der Waals surface area (Å²) in [6, 6.07) is 14.6. The van der Waals surface area contributed by atoms with Crippen LogP contribution in [0.1, 0.15) is 18.5 Å². The number of amides is 1. The number of nitrogens with one attached hydrogen (secondary N) is 2. The van der Waals surface area contributed by atoms with Gasteiger partial charge in [0.25, 0.3) is 5.56 Å². The monoisotopic (exact) mass is 376 g/mol. The van der Waals surface area contributed by atoms with Crippen LogP contribution in [0.4, 0.5) is 0 Å². The number of hydrogen-bond donors (Lipinski definition) is 2. The van der Waals surface area contributed by atoms with Gasteiger partial charge in [0.2, 0.25) is 5.91 Å². The molecular weight excluding hydrogens is 356 g/mol. The number of rotatable bonds is 5. The summed E-state index contributed by atoms with van der Waals surface area (Å²) in [6.45, 7) is 2.18. The van der Waals surface area contributed by atoms with E-state index in [4.69, 9.17) is 4.74 Å². The molecule has 1 amide bonds. The van der Waals surface area contributed by atoms with E-state index in [2.05, 4.69) is 15.5 Å². The zero-order valence-electron chi connectivity index (χ0n) is 15.6. The average molecular weight is 376 g/mol. The molecule has 2 N–H and O–H groups in total. The second-order valence-corrected chi connectivity index (χ2v) is 6.59. The molecule has 7 nitrogen and oxygen atoms in total. The number of carbonyl (C=O) groups is 1. The van der Waals surface area contributed by atoms with E-state index in [0.29, 0.717) is 12.1 Å². The first kappa shape index (κ1) is 17.8. The highest BCUT2D eigenvalue weighted by molar-refractivity contribution is 6.08. The zero-order valence-corrected chi connectivity index (χ0v) is 15.6. The lowest BCUT2D eigenvalue weighted by molar-refractivity contribution is -0.123. The Balaban J connectivity index is 1.66. The predicted molar refractivity (Wildman–Crippen MR) is 107 cm³/mol. The summed E-state index contributed by atoms with van der Waals surface area (Å²) in [5, 5.41) is 10.9. The summed E-state index contributed by atoms with van der Waals surface area (Å²) >= 11 is 0. The first-order valence-corrected chi connectivity index (χ1v) is 8.97. The number of para-hydroxylation sites is 1. The number of hydrogen-bond acceptors (Lipinski definition) is 4. The number of ether oxygens (including phenoxy) is 1. The van der Waals surface area contributed by atoms with E-state index in [1.807, 2.05) is 48.5 Å². The van der Waals surface area contributed by atoms with E-state index in [9.17, 15) is 9.59 Å². The topological polar surface area (TPSA) is 89.0 Å². The van der Waals surface area contributed by atoms with Gasteiger partial charge in [-0.2, -0.15) is 5.10 Å².